The Bertz CT molecular complexity index is 332. The van der Waals surface area contributed by atoms with Gasteiger partial charge >= 0.3 is 0 Å². The van der Waals surface area contributed by atoms with Gasteiger partial charge in [0, 0.05) is 10.9 Å². The van der Waals surface area contributed by atoms with Gasteiger partial charge in [-0.2, -0.15) is 0 Å². The maximum Gasteiger partial charge on any atom is 0.0406 e. The first-order chi connectivity index (χ1) is 9.76. The molecule has 0 N–H and O–H groups in total. The number of hydrogen-bond donors (Lipinski definition) is 0. The van der Waals surface area contributed by atoms with Gasteiger partial charge in [-0.15, -0.1) is 11.6 Å². The molecule has 1 unspecified atom stereocenters. The molecule has 0 heterocycles. The fourth-order valence-electron chi connectivity index (χ4n) is 2.58. The lowest BCUT2D eigenvalue weighted by atomic mass is 9.95. The van der Waals surface area contributed by atoms with Crippen LogP contribution < -0.4 is 0 Å². The van der Waals surface area contributed by atoms with E-state index in [1.807, 2.05) is 12.1 Å². The number of alkyl halides is 1. The quantitative estimate of drug-likeness (QED) is 0.308. The monoisotopic (exact) mass is 314 g/mol. The fraction of sp³-hybridized carbons (Fsp3) is 0.667. The second-order valence-electron chi connectivity index (χ2n) is 5.76. The molecule has 0 aromatic heterocycles. The van der Waals surface area contributed by atoms with Gasteiger partial charge in [0.15, 0.2) is 0 Å². The molecule has 1 aromatic rings. The third-order valence-electron chi connectivity index (χ3n) is 3.87. The number of unbranched alkanes of at least 4 members (excludes halogenated alkanes) is 6. The molecule has 0 nitrogen and oxygen atoms in total. The van der Waals surface area contributed by atoms with E-state index in [1.54, 1.807) is 0 Å². The van der Waals surface area contributed by atoms with E-state index in [1.165, 1.54) is 56.9 Å². The lowest BCUT2D eigenvalue weighted by molar-refractivity contribution is 0.483. The molecule has 0 saturated carbocycles. The minimum atomic E-state index is 0.605. The molecule has 0 bridgehead atoms. The number of rotatable bonds is 11. The summed E-state index contributed by atoms with van der Waals surface area (Å²) < 4.78 is 0. The average molecular weight is 315 g/mol. The Labute approximate surface area is 134 Å². The molecule has 0 aliphatic carbocycles. The Hall–Kier alpha value is -0.200. The van der Waals surface area contributed by atoms with E-state index in [2.05, 4.69) is 19.1 Å². The van der Waals surface area contributed by atoms with Crippen LogP contribution in [0.4, 0.5) is 0 Å². The van der Waals surface area contributed by atoms with Crippen LogP contribution in [-0.4, -0.2) is 5.88 Å². The molecule has 20 heavy (non-hydrogen) atoms. The van der Waals surface area contributed by atoms with Crippen LogP contribution in [-0.2, 0) is 6.42 Å². The van der Waals surface area contributed by atoms with E-state index in [-0.39, 0.29) is 0 Å². The Balaban J connectivity index is 2.14. The van der Waals surface area contributed by atoms with Crippen molar-refractivity contribution in [2.45, 2.75) is 64.7 Å². The normalized spacial score (nSPS) is 12.6. The minimum absolute atomic E-state index is 0.605. The standard InChI is InChI=1S/C18H28Cl2/c1-2-3-4-5-6-7-8-9-17(15-19)14-16-10-12-18(20)13-11-16/h10-13,17H,2-9,14-15H2,1H3. The highest BCUT2D eigenvalue weighted by molar-refractivity contribution is 6.30. The molecule has 0 radical (unpaired) electrons. The van der Waals surface area contributed by atoms with E-state index in [0.29, 0.717) is 5.92 Å². The van der Waals surface area contributed by atoms with Gasteiger partial charge in [0.1, 0.15) is 0 Å². The van der Waals surface area contributed by atoms with Gasteiger partial charge in [0.25, 0.3) is 0 Å². The van der Waals surface area contributed by atoms with Gasteiger partial charge in [-0.3, -0.25) is 0 Å². The Morgan fingerprint density at radius 1 is 0.900 bits per heavy atom. The van der Waals surface area contributed by atoms with Gasteiger partial charge in [0.05, 0.1) is 0 Å². The van der Waals surface area contributed by atoms with Crippen LogP contribution in [0.1, 0.15) is 63.9 Å². The summed E-state index contributed by atoms with van der Waals surface area (Å²) in [5.74, 6) is 1.37. The van der Waals surface area contributed by atoms with Crippen LogP contribution in [0.2, 0.25) is 5.02 Å². The smallest absolute Gasteiger partial charge is 0.0406 e. The highest BCUT2D eigenvalue weighted by atomic mass is 35.5. The number of halogens is 2. The predicted molar refractivity (Wildman–Crippen MR) is 92.0 cm³/mol. The van der Waals surface area contributed by atoms with Crippen LogP contribution in [0.25, 0.3) is 0 Å². The lowest BCUT2D eigenvalue weighted by Crippen LogP contribution is -2.06. The molecule has 0 fully saturated rings. The van der Waals surface area contributed by atoms with Crippen molar-refractivity contribution in [1.82, 2.24) is 0 Å². The molecule has 2 heteroatoms. The molecule has 0 aliphatic rings. The van der Waals surface area contributed by atoms with Gasteiger partial charge in [-0.1, -0.05) is 75.6 Å². The third kappa shape index (κ3) is 8.17. The van der Waals surface area contributed by atoms with E-state index in [0.717, 1.165) is 17.3 Å². The molecule has 1 rings (SSSR count). The van der Waals surface area contributed by atoms with Crippen LogP contribution in [0, 0.1) is 5.92 Å². The predicted octanol–water partition coefficient (Wildman–Crippen LogP) is 6.88. The first-order valence-corrected chi connectivity index (χ1v) is 8.98. The first kappa shape index (κ1) is 17.9. The van der Waals surface area contributed by atoms with Crippen molar-refractivity contribution in [2.24, 2.45) is 5.92 Å². The summed E-state index contributed by atoms with van der Waals surface area (Å²) in [6.45, 7) is 2.27. The van der Waals surface area contributed by atoms with Gasteiger partial charge < -0.3 is 0 Å². The van der Waals surface area contributed by atoms with Gasteiger partial charge in [-0.25, -0.2) is 0 Å². The molecule has 0 aliphatic heterocycles. The summed E-state index contributed by atoms with van der Waals surface area (Å²) in [4.78, 5) is 0. The van der Waals surface area contributed by atoms with Crippen molar-refractivity contribution in [3.8, 4) is 0 Å². The van der Waals surface area contributed by atoms with Crippen molar-refractivity contribution in [3.05, 3.63) is 34.9 Å². The molecule has 114 valence electrons. The van der Waals surface area contributed by atoms with Gasteiger partial charge in [0.2, 0.25) is 0 Å². The Morgan fingerprint density at radius 2 is 1.50 bits per heavy atom. The topological polar surface area (TPSA) is 0 Å². The van der Waals surface area contributed by atoms with Crippen molar-refractivity contribution in [3.63, 3.8) is 0 Å². The van der Waals surface area contributed by atoms with E-state index >= 15 is 0 Å². The van der Waals surface area contributed by atoms with Crippen molar-refractivity contribution in [2.75, 3.05) is 5.88 Å². The van der Waals surface area contributed by atoms with Crippen LogP contribution in [0.3, 0.4) is 0 Å². The zero-order valence-electron chi connectivity index (χ0n) is 12.7. The SMILES string of the molecule is CCCCCCCCCC(CCl)Cc1ccc(Cl)cc1. The molecule has 0 spiro atoms. The summed E-state index contributed by atoms with van der Waals surface area (Å²) in [5, 5.41) is 0.809. The molecule has 0 saturated heterocycles. The maximum atomic E-state index is 6.10. The highest BCUT2D eigenvalue weighted by Gasteiger charge is 2.08. The highest BCUT2D eigenvalue weighted by Crippen LogP contribution is 2.19. The lowest BCUT2D eigenvalue weighted by Gasteiger charge is -2.14. The summed E-state index contributed by atoms with van der Waals surface area (Å²) in [7, 11) is 0. The molecule has 0 amide bonds. The summed E-state index contributed by atoms with van der Waals surface area (Å²) in [6, 6.07) is 8.17. The van der Waals surface area contributed by atoms with E-state index < -0.39 is 0 Å². The van der Waals surface area contributed by atoms with Crippen molar-refractivity contribution in [1.29, 1.82) is 0 Å². The van der Waals surface area contributed by atoms with Crippen molar-refractivity contribution >= 4 is 23.2 Å². The summed E-state index contributed by atoms with van der Waals surface area (Å²) in [6.07, 6.45) is 11.9. The minimum Gasteiger partial charge on any atom is -0.126 e. The molecule has 1 atom stereocenters. The van der Waals surface area contributed by atoms with Crippen LogP contribution >= 0.6 is 23.2 Å². The Morgan fingerprint density at radius 3 is 2.10 bits per heavy atom. The second-order valence-corrected chi connectivity index (χ2v) is 6.51. The molecule has 1 aromatic carbocycles. The maximum absolute atomic E-state index is 6.10. The zero-order valence-corrected chi connectivity index (χ0v) is 14.2. The van der Waals surface area contributed by atoms with Crippen molar-refractivity contribution < 1.29 is 0 Å². The summed E-state index contributed by atoms with van der Waals surface area (Å²) >= 11 is 12.0. The fourth-order valence-corrected chi connectivity index (χ4v) is 2.97. The molecular formula is C18H28Cl2. The largest absolute Gasteiger partial charge is 0.126 e. The first-order valence-electron chi connectivity index (χ1n) is 8.06. The molecular weight excluding hydrogens is 287 g/mol. The Kier molecular flexibility index (Phi) is 10.2. The zero-order chi connectivity index (χ0) is 14.6. The number of benzene rings is 1. The third-order valence-corrected chi connectivity index (χ3v) is 4.56. The average Bonchev–Trinajstić information content (AvgIpc) is 2.47. The van der Waals surface area contributed by atoms with E-state index in [9.17, 15) is 0 Å². The van der Waals surface area contributed by atoms with Crippen LogP contribution in [0.5, 0.6) is 0 Å². The van der Waals surface area contributed by atoms with E-state index in [4.69, 9.17) is 23.2 Å². The van der Waals surface area contributed by atoms with Crippen LogP contribution in [0.15, 0.2) is 24.3 Å². The van der Waals surface area contributed by atoms with Gasteiger partial charge in [-0.05, 0) is 36.5 Å². The summed E-state index contributed by atoms with van der Waals surface area (Å²) in [5.41, 5.74) is 1.35. The number of hydrogen-bond acceptors (Lipinski definition) is 0. The second kappa shape index (κ2) is 11.5.